The minimum absolute atomic E-state index is 0.0632. The normalized spacial score (nSPS) is 16.1. The summed E-state index contributed by atoms with van der Waals surface area (Å²) in [6.45, 7) is 0. The zero-order valence-corrected chi connectivity index (χ0v) is 11.0. The van der Waals surface area contributed by atoms with Crippen LogP contribution in [0.4, 0.5) is 13.2 Å². The van der Waals surface area contributed by atoms with Gasteiger partial charge in [0.05, 0.1) is 5.57 Å². The number of ketones is 1. The molecule has 0 spiro atoms. The van der Waals surface area contributed by atoms with Gasteiger partial charge in [-0.05, 0) is 18.2 Å². The third-order valence-electron chi connectivity index (χ3n) is 2.59. The van der Waals surface area contributed by atoms with Crippen molar-refractivity contribution in [2.45, 2.75) is 19.2 Å². The monoisotopic (exact) mass is 336 g/mol. The number of Topliss-reactive ketones (excluding diaryl/α,β-unsaturated/α-hetero) is 1. The fourth-order valence-electron chi connectivity index (χ4n) is 1.86. The van der Waals surface area contributed by atoms with Gasteiger partial charge in [0.1, 0.15) is 11.5 Å². The Labute approximate surface area is 114 Å². The highest BCUT2D eigenvalue weighted by Crippen LogP contribution is 2.38. The Morgan fingerprint density at radius 2 is 1.95 bits per heavy atom. The summed E-state index contributed by atoms with van der Waals surface area (Å²) in [7, 11) is 0. The van der Waals surface area contributed by atoms with Crippen LogP contribution in [0.2, 0.25) is 0 Å². The van der Waals surface area contributed by atoms with Crippen LogP contribution in [0.3, 0.4) is 0 Å². The maximum atomic E-state index is 12.3. The molecule has 0 aliphatic heterocycles. The van der Waals surface area contributed by atoms with Gasteiger partial charge in [0.15, 0.2) is 5.78 Å². The van der Waals surface area contributed by atoms with Crippen LogP contribution < -0.4 is 4.74 Å². The lowest BCUT2D eigenvalue weighted by Gasteiger charge is -2.14. The number of halogens is 4. The minimum Gasteiger partial charge on any atom is -0.512 e. The van der Waals surface area contributed by atoms with E-state index < -0.39 is 17.9 Å². The van der Waals surface area contributed by atoms with Gasteiger partial charge < -0.3 is 9.84 Å². The molecule has 1 aliphatic carbocycles. The van der Waals surface area contributed by atoms with Crippen molar-refractivity contribution in [1.82, 2.24) is 0 Å². The van der Waals surface area contributed by atoms with Gasteiger partial charge in [-0.2, -0.15) is 0 Å². The van der Waals surface area contributed by atoms with Gasteiger partial charge in [-0.1, -0.05) is 15.9 Å². The smallest absolute Gasteiger partial charge is 0.512 e. The Kier molecular flexibility index (Phi) is 3.58. The van der Waals surface area contributed by atoms with Crippen molar-refractivity contribution in [2.75, 3.05) is 0 Å². The Morgan fingerprint density at radius 3 is 2.47 bits per heavy atom. The third kappa shape index (κ3) is 3.09. The van der Waals surface area contributed by atoms with Gasteiger partial charge in [0, 0.05) is 22.9 Å². The lowest BCUT2D eigenvalue weighted by Crippen LogP contribution is -2.18. The lowest BCUT2D eigenvalue weighted by molar-refractivity contribution is -0.274. The van der Waals surface area contributed by atoms with E-state index in [4.69, 9.17) is 0 Å². The second-order valence-corrected chi connectivity index (χ2v) is 4.85. The van der Waals surface area contributed by atoms with Gasteiger partial charge in [-0.3, -0.25) is 4.79 Å². The molecule has 0 radical (unpaired) electrons. The minimum atomic E-state index is -4.86. The maximum absolute atomic E-state index is 12.3. The van der Waals surface area contributed by atoms with Crippen LogP contribution in [0, 0.1) is 0 Å². The second-order valence-electron chi connectivity index (χ2n) is 3.93. The van der Waals surface area contributed by atoms with Gasteiger partial charge >= 0.3 is 6.36 Å². The van der Waals surface area contributed by atoms with E-state index >= 15 is 0 Å². The molecule has 3 nitrogen and oxygen atoms in total. The van der Waals surface area contributed by atoms with E-state index in [0.29, 0.717) is 4.47 Å². The number of carbonyl (C=O) groups is 1. The molecule has 19 heavy (non-hydrogen) atoms. The number of hydrogen-bond acceptors (Lipinski definition) is 3. The Morgan fingerprint density at radius 1 is 1.26 bits per heavy atom. The summed E-state index contributed by atoms with van der Waals surface area (Å²) in [5, 5.41) is 9.63. The van der Waals surface area contributed by atoms with Gasteiger partial charge in [-0.15, -0.1) is 13.2 Å². The number of allylic oxidation sites excluding steroid dienone is 2. The van der Waals surface area contributed by atoms with Gasteiger partial charge in [0.2, 0.25) is 0 Å². The summed E-state index contributed by atoms with van der Waals surface area (Å²) >= 11 is 3.11. The van der Waals surface area contributed by atoms with Crippen LogP contribution in [-0.4, -0.2) is 17.3 Å². The van der Waals surface area contributed by atoms with E-state index in [9.17, 15) is 23.1 Å². The van der Waals surface area contributed by atoms with E-state index in [1.54, 1.807) is 0 Å². The van der Waals surface area contributed by atoms with Crippen LogP contribution in [-0.2, 0) is 4.79 Å². The summed E-state index contributed by atoms with van der Waals surface area (Å²) in [5.74, 6) is -1.12. The van der Waals surface area contributed by atoms with Crippen LogP contribution in [0.25, 0.3) is 5.57 Å². The maximum Gasteiger partial charge on any atom is 0.573 e. The highest BCUT2D eigenvalue weighted by Gasteiger charge is 2.34. The molecule has 0 bridgehead atoms. The van der Waals surface area contributed by atoms with Crippen LogP contribution >= 0.6 is 15.9 Å². The van der Waals surface area contributed by atoms with E-state index in [1.165, 1.54) is 12.1 Å². The quantitative estimate of drug-likeness (QED) is 0.888. The van der Waals surface area contributed by atoms with E-state index in [0.717, 1.165) is 6.07 Å². The largest absolute Gasteiger partial charge is 0.573 e. The SMILES string of the molecule is O=C1CCC(O)=C1c1cc(Br)ccc1OC(F)(F)F. The fraction of sp³-hybridized carbons (Fsp3) is 0.250. The van der Waals surface area contributed by atoms with Crippen LogP contribution in [0.5, 0.6) is 5.75 Å². The van der Waals surface area contributed by atoms with Gasteiger partial charge in [0.25, 0.3) is 0 Å². The molecular formula is C12H8BrF3O3. The molecule has 102 valence electrons. The number of aliphatic hydroxyl groups is 1. The highest BCUT2D eigenvalue weighted by molar-refractivity contribution is 9.10. The van der Waals surface area contributed by atoms with Crippen molar-refractivity contribution < 1.29 is 27.8 Å². The van der Waals surface area contributed by atoms with Crippen molar-refractivity contribution in [2.24, 2.45) is 0 Å². The number of benzene rings is 1. The average molecular weight is 337 g/mol. The number of hydrogen-bond donors (Lipinski definition) is 1. The van der Waals surface area contributed by atoms with Crippen molar-refractivity contribution in [1.29, 1.82) is 0 Å². The molecule has 1 N–H and O–H groups in total. The van der Waals surface area contributed by atoms with Crippen molar-refractivity contribution >= 4 is 27.3 Å². The van der Waals surface area contributed by atoms with Gasteiger partial charge in [-0.25, -0.2) is 0 Å². The molecule has 0 amide bonds. The lowest BCUT2D eigenvalue weighted by atomic mass is 10.0. The molecule has 0 fully saturated rings. The first-order valence-electron chi connectivity index (χ1n) is 5.29. The Balaban J connectivity index is 2.52. The standard InChI is InChI=1S/C12H8BrF3O3/c13-6-1-4-10(19-12(14,15)16)7(5-6)11-8(17)2-3-9(11)18/h1,4-5,17H,2-3H2. The molecule has 0 saturated heterocycles. The summed E-state index contributed by atoms with van der Waals surface area (Å²) in [5.41, 5.74) is -0.174. The highest BCUT2D eigenvalue weighted by atomic mass is 79.9. The fourth-order valence-corrected chi connectivity index (χ4v) is 2.22. The van der Waals surface area contributed by atoms with E-state index in [2.05, 4.69) is 20.7 Å². The molecule has 0 aromatic heterocycles. The third-order valence-corrected chi connectivity index (χ3v) is 3.09. The number of carbonyl (C=O) groups excluding carboxylic acids is 1. The summed E-state index contributed by atoms with van der Waals surface area (Å²) in [4.78, 5) is 11.6. The number of rotatable bonds is 2. The number of ether oxygens (including phenoxy) is 1. The van der Waals surface area contributed by atoms with E-state index in [-0.39, 0.29) is 29.7 Å². The predicted molar refractivity (Wildman–Crippen MR) is 64.6 cm³/mol. The average Bonchev–Trinajstić information content (AvgIpc) is 2.60. The number of aliphatic hydroxyl groups excluding tert-OH is 1. The molecule has 0 heterocycles. The molecule has 0 unspecified atom stereocenters. The number of alkyl halides is 3. The van der Waals surface area contributed by atoms with Crippen molar-refractivity contribution in [3.63, 3.8) is 0 Å². The first-order chi connectivity index (χ1) is 8.78. The van der Waals surface area contributed by atoms with Crippen LogP contribution in [0.15, 0.2) is 28.4 Å². The first kappa shape index (κ1) is 13.9. The molecule has 2 rings (SSSR count). The summed E-state index contributed by atoms with van der Waals surface area (Å²) < 4.78 is 41.3. The first-order valence-corrected chi connectivity index (χ1v) is 6.08. The van der Waals surface area contributed by atoms with E-state index in [1.807, 2.05) is 0 Å². The second kappa shape index (κ2) is 4.88. The Hall–Kier alpha value is -1.50. The predicted octanol–water partition coefficient (Wildman–Crippen LogP) is 3.98. The molecular weight excluding hydrogens is 329 g/mol. The molecule has 1 aliphatic rings. The summed E-state index contributed by atoms with van der Waals surface area (Å²) in [6.07, 6.45) is -4.65. The zero-order valence-electron chi connectivity index (χ0n) is 9.42. The Bertz CT molecular complexity index is 564. The molecule has 1 aromatic carbocycles. The molecule has 7 heteroatoms. The van der Waals surface area contributed by atoms with Crippen LogP contribution in [0.1, 0.15) is 18.4 Å². The topological polar surface area (TPSA) is 46.5 Å². The molecule has 0 saturated carbocycles. The summed E-state index contributed by atoms with van der Waals surface area (Å²) in [6, 6.07) is 3.77. The molecule has 1 aromatic rings. The zero-order chi connectivity index (χ0) is 14.2. The van der Waals surface area contributed by atoms with Crippen molar-refractivity contribution in [3.8, 4) is 5.75 Å². The molecule has 0 atom stereocenters. The van der Waals surface area contributed by atoms with Crippen molar-refractivity contribution in [3.05, 3.63) is 34.0 Å².